The zero-order chi connectivity index (χ0) is 16.7. The van der Waals surface area contributed by atoms with E-state index in [1.807, 2.05) is 12.2 Å². The first kappa shape index (κ1) is 15.8. The van der Waals surface area contributed by atoms with E-state index in [1.54, 1.807) is 0 Å². The van der Waals surface area contributed by atoms with Gasteiger partial charge in [0.05, 0.1) is 19.1 Å². The molecule has 0 radical (unpaired) electrons. The summed E-state index contributed by atoms with van der Waals surface area (Å²) in [6.45, 7) is 5.85. The topological polar surface area (TPSA) is 77.7 Å². The van der Waals surface area contributed by atoms with E-state index < -0.39 is 0 Å². The quantitative estimate of drug-likeness (QED) is 0.396. The van der Waals surface area contributed by atoms with Crippen molar-refractivity contribution in [2.45, 2.75) is 25.0 Å². The number of fused-ring (bicyclic) bond motifs is 1. The minimum absolute atomic E-state index is 0.0590. The number of hydrogen-bond acceptors (Lipinski definition) is 6. The van der Waals surface area contributed by atoms with Gasteiger partial charge in [-0.3, -0.25) is 4.79 Å². The average molecular weight is 334 g/mol. The minimum Gasteiger partial charge on any atom is -0.463 e. The summed E-state index contributed by atoms with van der Waals surface area (Å²) in [7, 11) is 0. The molecule has 130 valence electrons. The van der Waals surface area contributed by atoms with Gasteiger partial charge in [-0.25, -0.2) is 4.79 Å². The molecule has 1 saturated carbocycles. The molecule has 2 aliphatic heterocycles. The van der Waals surface area contributed by atoms with E-state index in [-0.39, 0.29) is 47.8 Å². The Morgan fingerprint density at radius 2 is 1.88 bits per heavy atom. The monoisotopic (exact) mass is 334 g/mol. The molecule has 6 unspecified atom stereocenters. The molecule has 3 fully saturated rings. The molecule has 0 spiro atoms. The van der Waals surface area contributed by atoms with Crippen molar-refractivity contribution < 1.29 is 28.5 Å². The van der Waals surface area contributed by atoms with Gasteiger partial charge in [-0.1, -0.05) is 12.2 Å². The highest BCUT2D eigenvalue weighted by molar-refractivity contribution is 5.89. The molecule has 0 aromatic rings. The first-order valence-corrected chi connectivity index (χ1v) is 8.56. The Morgan fingerprint density at radius 1 is 1.21 bits per heavy atom. The molecule has 0 amide bonds. The molecule has 2 saturated heterocycles. The zero-order valence-electron chi connectivity index (χ0n) is 13.5. The smallest absolute Gasteiger partial charge is 0.333 e. The fraction of sp³-hybridized carbons (Fsp3) is 0.667. The van der Waals surface area contributed by atoms with Crippen LogP contribution in [0, 0.1) is 23.7 Å². The van der Waals surface area contributed by atoms with Crippen molar-refractivity contribution in [3.05, 3.63) is 24.3 Å². The van der Waals surface area contributed by atoms with Gasteiger partial charge in [-0.15, -0.1) is 6.58 Å². The van der Waals surface area contributed by atoms with E-state index in [9.17, 15) is 9.59 Å². The Kier molecular flexibility index (Phi) is 4.18. The predicted molar refractivity (Wildman–Crippen MR) is 82.9 cm³/mol. The van der Waals surface area contributed by atoms with Gasteiger partial charge in [0.2, 0.25) is 0 Å². The highest BCUT2D eigenvalue weighted by Gasteiger charge is 2.49. The number of hydrogen-bond donors (Lipinski definition) is 0. The fourth-order valence-electron chi connectivity index (χ4n) is 3.84. The number of ether oxygens (including phenoxy) is 4. The van der Waals surface area contributed by atoms with Gasteiger partial charge in [-0.05, 0) is 30.6 Å². The molecule has 6 heteroatoms. The van der Waals surface area contributed by atoms with Crippen molar-refractivity contribution in [1.82, 2.24) is 0 Å². The summed E-state index contributed by atoms with van der Waals surface area (Å²) in [6, 6.07) is 0. The summed E-state index contributed by atoms with van der Waals surface area (Å²) in [6.07, 6.45) is 5.29. The highest BCUT2D eigenvalue weighted by atomic mass is 16.6. The minimum atomic E-state index is -0.291. The zero-order valence-corrected chi connectivity index (χ0v) is 13.5. The van der Waals surface area contributed by atoms with Crippen molar-refractivity contribution >= 4 is 11.9 Å². The van der Waals surface area contributed by atoms with Crippen LogP contribution in [0.25, 0.3) is 0 Å². The van der Waals surface area contributed by atoms with Gasteiger partial charge < -0.3 is 18.9 Å². The summed E-state index contributed by atoms with van der Waals surface area (Å²) < 4.78 is 20.8. The number of carbonyl (C=O) groups excluding carboxylic acids is 2. The van der Waals surface area contributed by atoms with Gasteiger partial charge in [0, 0.05) is 5.57 Å². The normalized spacial score (nSPS) is 38.9. The van der Waals surface area contributed by atoms with Crippen LogP contribution in [0.3, 0.4) is 0 Å². The number of epoxide rings is 2. The SMILES string of the molecule is C=CC1CC(C(=O)OCC2CO2)C2CC(C(=O)OCC3CO3)=CC12. The van der Waals surface area contributed by atoms with Crippen molar-refractivity contribution in [2.24, 2.45) is 23.7 Å². The van der Waals surface area contributed by atoms with Crippen LogP contribution in [0.4, 0.5) is 0 Å². The Hall–Kier alpha value is -1.66. The lowest BCUT2D eigenvalue weighted by atomic mass is 9.89. The molecular weight excluding hydrogens is 312 g/mol. The van der Waals surface area contributed by atoms with E-state index in [0.717, 1.165) is 6.42 Å². The lowest BCUT2D eigenvalue weighted by Crippen LogP contribution is -2.24. The van der Waals surface area contributed by atoms with Crippen molar-refractivity contribution in [2.75, 3.05) is 26.4 Å². The summed E-state index contributed by atoms with van der Waals surface area (Å²) in [4.78, 5) is 24.6. The maximum Gasteiger partial charge on any atom is 0.333 e. The van der Waals surface area contributed by atoms with E-state index >= 15 is 0 Å². The second-order valence-electron chi connectivity index (χ2n) is 7.02. The Bertz CT molecular complexity index is 574. The van der Waals surface area contributed by atoms with Crippen LogP contribution < -0.4 is 0 Å². The first-order valence-electron chi connectivity index (χ1n) is 8.56. The summed E-state index contributed by atoms with van der Waals surface area (Å²) >= 11 is 0. The van der Waals surface area contributed by atoms with Crippen LogP contribution in [-0.4, -0.2) is 50.6 Å². The standard InChI is InChI=1S/C18H22O6/c1-2-10-3-16(18(20)24-9-13-7-22-13)15-5-11(4-14(10)15)17(19)23-8-12-6-21-12/h2,4,10,12-16H,1,3,5-9H2. The van der Waals surface area contributed by atoms with Gasteiger partial charge in [0.25, 0.3) is 0 Å². The molecule has 4 aliphatic rings. The molecule has 0 aromatic heterocycles. The molecule has 0 bridgehead atoms. The lowest BCUT2D eigenvalue weighted by Gasteiger charge is -2.17. The summed E-state index contributed by atoms with van der Waals surface area (Å²) in [5, 5.41) is 0. The van der Waals surface area contributed by atoms with Gasteiger partial charge in [0.15, 0.2) is 0 Å². The van der Waals surface area contributed by atoms with E-state index in [0.29, 0.717) is 38.4 Å². The highest BCUT2D eigenvalue weighted by Crippen LogP contribution is 2.50. The molecule has 0 aromatic carbocycles. The largest absolute Gasteiger partial charge is 0.463 e. The van der Waals surface area contributed by atoms with Crippen LogP contribution in [0.1, 0.15) is 12.8 Å². The number of allylic oxidation sites excluding steroid dienone is 2. The second-order valence-corrected chi connectivity index (χ2v) is 7.02. The van der Waals surface area contributed by atoms with Crippen LogP contribution in [-0.2, 0) is 28.5 Å². The number of esters is 2. The molecule has 6 atom stereocenters. The van der Waals surface area contributed by atoms with E-state index in [4.69, 9.17) is 18.9 Å². The Labute approximate surface area is 140 Å². The molecule has 2 heterocycles. The van der Waals surface area contributed by atoms with E-state index in [2.05, 4.69) is 6.58 Å². The summed E-state index contributed by atoms with van der Waals surface area (Å²) in [5.74, 6) is -0.204. The number of carbonyl (C=O) groups is 2. The Balaban J connectivity index is 1.38. The van der Waals surface area contributed by atoms with Crippen molar-refractivity contribution in [3.63, 3.8) is 0 Å². The van der Waals surface area contributed by atoms with E-state index in [1.165, 1.54) is 0 Å². The predicted octanol–water partition coefficient (Wildman–Crippen LogP) is 1.25. The summed E-state index contributed by atoms with van der Waals surface area (Å²) in [5.41, 5.74) is 0.667. The maximum atomic E-state index is 12.4. The second kappa shape index (κ2) is 6.33. The van der Waals surface area contributed by atoms with Gasteiger partial charge in [0.1, 0.15) is 25.4 Å². The lowest BCUT2D eigenvalue weighted by molar-refractivity contribution is -0.150. The van der Waals surface area contributed by atoms with Crippen LogP contribution in [0.15, 0.2) is 24.3 Å². The number of rotatable bonds is 7. The maximum absolute atomic E-state index is 12.4. The fourth-order valence-corrected chi connectivity index (χ4v) is 3.84. The molecular formula is C18H22O6. The van der Waals surface area contributed by atoms with Gasteiger partial charge >= 0.3 is 11.9 Å². The molecule has 2 aliphatic carbocycles. The van der Waals surface area contributed by atoms with Crippen LogP contribution in [0.2, 0.25) is 0 Å². The van der Waals surface area contributed by atoms with Crippen LogP contribution in [0.5, 0.6) is 0 Å². The third-order valence-corrected chi connectivity index (χ3v) is 5.37. The average Bonchev–Trinajstić information content (AvgIpc) is 3.49. The molecule has 4 rings (SSSR count). The third-order valence-electron chi connectivity index (χ3n) is 5.37. The Morgan fingerprint density at radius 3 is 2.50 bits per heavy atom. The first-order chi connectivity index (χ1) is 11.7. The molecule has 0 N–H and O–H groups in total. The van der Waals surface area contributed by atoms with Crippen molar-refractivity contribution in [3.8, 4) is 0 Å². The third kappa shape index (κ3) is 3.26. The molecule has 24 heavy (non-hydrogen) atoms. The molecule has 6 nitrogen and oxygen atoms in total. The van der Waals surface area contributed by atoms with Gasteiger partial charge in [-0.2, -0.15) is 0 Å². The van der Waals surface area contributed by atoms with Crippen molar-refractivity contribution in [1.29, 1.82) is 0 Å². The van der Waals surface area contributed by atoms with Crippen LogP contribution >= 0.6 is 0 Å².